The number of hydrogen-bond donors (Lipinski definition) is 1. The first-order valence-electron chi connectivity index (χ1n) is 8.48. The number of piperidine rings is 1. The summed E-state index contributed by atoms with van der Waals surface area (Å²) in [7, 11) is 0. The van der Waals surface area contributed by atoms with E-state index in [1.54, 1.807) is 25.3 Å². The molecule has 0 aliphatic carbocycles. The summed E-state index contributed by atoms with van der Waals surface area (Å²) in [5, 5.41) is 2.72. The smallest absolute Gasteiger partial charge is 0.276 e. The lowest BCUT2D eigenvalue weighted by atomic mass is 9.99. The first-order valence-corrected chi connectivity index (χ1v) is 8.48. The highest BCUT2D eigenvalue weighted by Crippen LogP contribution is 2.19. The lowest BCUT2D eigenvalue weighted by molar-refractivity contribution is 0.0690. The molecule has 0 aromatic carbocycles. The van der Waals surface area contributed by atoms with Crippen LogP contribution in [0, 0.1) is 12.8 Å². The van der Waals surface area contributed by atoms with Gasteiger partial charge in [0.05, 0.1) is 12.1 Å². The van der Waals surface area contributed by atoms with Crippen LogP contribution < -0.4 is 5.32 Å². The fourth-order valence-electron chi connectivity index (χ4n) is 2.84. The number of nitrogens with zero attached hydrogens (tertiary/aromatic N) is 3. The van der Waals surface area contributed by atoms with E-state index in [1.807, 2.05) is 4.90 Å². The summed E-state index contributed by atoms with van der Waals surface area (Å²) in [4.78, 5) is 34.6. The number of carbonyl (C=O) groups excluding carboxylic acids is 2. The van der Waals surface area contributed by atoms with Crippen LogP contribution in [0.1, 0.15) is 52.3 Å². The van der Waals surface area contributed by atoms with Crippen LogP contribution in [0.5, 0.6) is 0 Å². The third-order valence-corrected chi connectivity index (χ3v) is 4.44. The SMILES string of the molecule is Cc1oc(CNC(=O)c2cccnc2)nc1C(=O)N1CCC(C)CC1. The van der Waals surface area contributed by atoms with Crippen LogP contribution in [-0.2, 0) is 6.54 Å². The Hall–Kier alpha value is -2.70. The Morgan fingerprint density at radius 3 is 2.80 bits per heavy atom. The number of carbonyl (C=O) groups is 2. The molecule has 2 aromatic rings. The van der Waals surface area contributed by atoms with E-state index in [1.165, 1.54) is 6.20 Å². The molecule has 0 spiro atoms. The number of oxazole rings is 1. The van der Waals surface area contributed by atoms with E-state index in [2.05, 4.69) is 22.2 Å². The van der Waals surface area contributed by atoms with E-state index in [4.69, 9.17) is 4.42 Å². The molecule has 1 saturated heterocycles. The van der Waals surface area contributed by atoms with Crippen LogP contribution in [0.3, 0.4) is 0 Å². The molecule has 132 valence electrons. The monoisotopic (exact) mass is 342 g/mol. The Morgan fingerprint density at radius 2 is 2.12 bits per heavy atom. The molecule has 1 N–H and O–H groups in total. The summed E-state index contributed by atoms with van der Waals surface area (Å²) in [5.74, 6) is 1.10. The van der Waals surface area contributed by atoms with Crippen molar-refractivity contribution in [1.82, 2.24) is 20.2 Å². The van der Waals surface area contributed by atoms with Crippen LogP contribution in [0.2, 0.25) is 0 Å². The van der Waals surface area contributed by atoms with Crippen LogP contribution in [0.15, 0.2) is 28.9 Å². The average molecular weight is 342 g/mol. The number of amides is 2. The molecule has 0 radical (unpaired) electrons. The predicted octanol–water partition coefficient (Wildman–Crippen LogP) is 2.18. The number of rotatable bonds is 4. The van der Waals surface area contributed by atoms with Gasteiger partial charge in [0.2, 0.25) is 5.89 Å². The first kappa shape index (κ1) is 17.1. The van der Waals surface area contributed by atoms with Crippen LogP contribution >= 0.6 is 0 Å². The van der Waals surface area contributed by atoms with Crippen molar-refractivity contribution in [3.8, 4) is 0 Å². The minimum Gasteiger partial charge on any atom is -0.443 e. The number of aromatic nitrogens is 2. The van der Waals surface area contributed by atoms with Gasteiger partial charge in [0.25, 0.3) is 11.8 Å². The van der Waals surface area contributed by atoms with Crippen molar-refractivity contribution in [2.24, 2.45) is 5.92 Å². The summed E-state index contributed by atoms with van der Waals surface area (Å²) in [5.41, 5.74) is 0.796. The third kappa shape index (κ3) is 4.04. The maximum absolute atomic E-state index is 12.6. The van der Waals surface area contributed by atoms with Gasteiger partial charge in [-0.2, -0.15) is 0 Å². The Kier molecular flexibility index (Phi) is 5.11. The normalized spacial score (nSPS) is 15.2. The van der Waals surface area contributed by atoms with E-state index >= 15 is 0 Å². The van der Waals surface area contributed by atoms with Gasteiger partial charge >= 0.3 is 0 Å². The zero-order chi connectivity index (χ0) is 17.8. The highest BCUT2D eigenvalue weighted by molar-refractivity contribution is 5.94. The summed E-state index contributed by atoms with van der Waals surface area (Å²) in [6, 6.07) is 3.37. The molecule has 25 heavy (non-hydrogen) atoms. The number of aryl methyl sites for hydroxylation is 1. The second-order valence-electron chi connectivity index (χ2n) is 6.41. The number of likely N-dealkylation sites (tertiary alicyclic amines) is 1. The molecule has 2 amide bonds. The molecule has 1 aliphatic rings. The molecule has 0 unspecified atom stereocenters. The Balaban J connectivity index is 1.62. The molecule has 3 heterocycles. The molecule has 1 aliphatic heterocycles. The zero-order valence-electron chi connectivity index (χ0n) is 14.5. The molecular weight excluding hydrogens is 320 g/mol. The van der Waals surface area contributed by atoms with Crippen molar-refractivity contribution in [3.05, 3.63) is 47.4 Å². The van der Waals surface area contributed by atoms with Crippen LogP contribution in [0.25, 0.3) is 0 Å². The Bertz CT molecular complexity index is 749. The topological polar surface area (TPSA) is 88.3 Å². The molecule has 1 fully saturated rings. The lowest BCUT2D eigenvalue weighted by Crippen LogP contribution is -2.38. The number of hydrogen-bond acceptors (Lipinski definition) is 5. The summed E-state index contributed by atoms with van der Waals surface area (Å²) >= 11 is 0. The number of nitrogens with one attached hydrogen (secondary N) is 1. The minimum absolute atomic E-state index is 0.0991. The standard InChI is InChI=1S/C18H22N4O3/c1-12-5-8-22(9-6-12)18(24)16-13(2)25-15(21-16)11-20-17(23)14-4-3-7-19-10-14/h3-4,7,10,12H,5-6,8-9,11H2,1-2H3,(H,20,23). The second-order valence-corrected chi connectivity index (χ2v) is 6.41. The maximum atomic E-state index is 12.6. The van der Waals surface area contributed by atoms with Gasteiger partial charge in [-0.15, -0.1) is 0 Å². The van der Waals surface area contributed by atoms with Gasteiger partial charge < -0.3 is 14.6 Å². The first-order chi connectivity index (χ1) is 12.0. The van der Waals surface area contributed by atoms with Gasteiger partial charge in [-0.3, -0.25) is 14.6 Å². The molecule has 0 saturated carbocycles. The largest absolute Gasteiger partial charge is 0.443 e. The highest BCUT2D eigenvalue weighted by Gasteiger charge is 2.26. The molecule has 0 atom stereocenters. The molecular formula is C18H22N4O3. The fraction of sp³-hybridized carbons (Fsp3) is 0.444. The van der Waals surface area contributed by atoms with Crippen molar-refractivity contribution < 1.29 is 14.0 Å². The molecule has 7 heteroatoms. The van der Waals surface area contributed by atoms with E-state index in [-0.39, 0.29) is 18.4 Å². The van der Waals surface area contributed by atoms with Crippen molar-refractivity contribution in [1.29, 1.82) is 0 Å². The summed E-state index contributed by atoms with van der Waals surface area (Å²) in [6.45, 7) is 5.54. The Labute approximate surface area is 146 Å². The van der Waals surface area contributed by atoms with E-state index in [9.17, 15) is 9.59 Å². The zero-order valence-corrected chi connectivity index (χ0v) is 14.5. The van der Waals surface area contributed by atoms with Gasteiger partial charge in [0, 0.05) is 25.5 Å². The van der Waals surface area contributed by atoms with Crippen molar-refractivity contribution >= 4 is 11.8 Å². The second kappa shape index (κ2) is 7.46. The van der Waals surface area contributed by atoms with Crippen molar-refractivity contribution in [2.45, 2.75) is 33.2 Å². The average Bonchev–Trinajstić information content (AvgIpc) is 3.01. The summed E-state index contributed by atoms with van der Waals surface area (Å²) in [6.07, 6.45) is 5.11. The van der Waals surface area contributed by atoms with Crippen LogP contribution in [0.4, 0.5) is 0 Å². The molecule has 2 aromatic heterocycles. The molecule has 0 bridgehead atoms. The lowest BCUT2D eigenvalue weighted by Gasteiger charge is -2.29. The fourth-order valence-corrected chi connectivity index (χ4v) is 2.84. The quantitative estimate of drug-likeness (QED) is 0.920. The van der Waals surface area contributed by atoms with Crippen molar-refractivity contribution in [3.63, 3.8) is 0 Å². The van der Waals surface area contributed by atoms with E-state index in [0.717, 1.165) is 25.9 Å². The van der Waals surface area contributed by atoms with Gasteiger partial charge in [-0.05, 0) is 37.8 Å². The van der Waals surface area contributed by atoms with Gasteiger partial charge in [-0.25, -0.2) is 4.98 Å². The summed E-state index contributed by atoms with van der Waals surface area (Å²) < 4.78 is 5.55. The minimum atomic E-state index is -0.262. The molecule has 3 rings (SSSR count). The van der Waals surface area contributed by atoms with E-state index in [0.29, 0.717) is 28.8 Å². The predicted molar refractivity (Wildman–Crippen MR) is 90.9 cm³/mol. The third-order valence-electron chi connectivity index (χ3n) is 4.44. The van der Waals surface area contributed by atoms with Gasteiger partial charge in [0.15, 0.2) is 5.69 Å². The van der Waals surface area contributed by atoms with Gasteiger partial charge in [0.1, 0.15) is 5.76 Å². The van der Waals surface area contributed by atoms with E-state index < -0.39 is 0 Å². The molecule has 7 nitrogen and oxygen atoms in total. The Morgan fingerprint density at radius 1 is 1.36 bits per heavy atom. The van der Waals surface area contributed by atoms with Crippen molar-refractivity contribution in [2.75, 3.05) is 13.1 Å². The maximum Gasteiger partial charge on any atom is 0.276 e. The van der Waals surface area contributed by atoms with Gasteiger partial charge in [-0.1, -0.05) is 6.92 Å². The highest BCUT2D eigenvalue weighted by atomic mass is 16.4. The van der Waals surface area contributed by atoms with Crippen LogP contribution in [-0.4, -0.2) is 39.8 Å². The number of pyridine rings is 1.